The lowest BCUT2D eigenvalue weighted by molar-refractivity contribution is 0.0692. The molecule has 2 aromatic rings. The molecule has 5 heteroatoms. The maximum atomic E-state index is 11.3. The average molecular weight is 260 g/mol. The molecular formula is C14H16N2O3. The molecule has 1 aliphatic heterocycles. The predicted molar refractivity (Wildman–Crippen MR) is 69.7 cm³/mol. The Bertz CT molecular complexity index is 627. The van der Waals surface area contributed by atoms with Crippen molar-refractivity contribution in [1.29, 1.82) is 0 Å². The number of carboxylic acid groups (broad SMARTS) is 1. The molecule has 0 atom stereocenters. The number of pyridine rings is 1. The van der Waals surface area contributed by atoms with Crippen LogP contribution in [0.1, 0.15) is 40.6 Å². The molecule has 0 bridgehead atoms. The molecule has 1 N–H and O–H groups in total. The van der Waals surface area contributed by atoms with Gasteiger partial charge in [-0.05, 0) is 31.4 Å². The van der Waals surface area contributed by atoms with Crippen LogP contribution in [0.2, 0.25) is 0 Å². The molecule has 0 amide bonds. The van der Waals surface area contributed by atoms with Crippen LogP contribution in [0, 0.1) is 6.92 Å². The highest BCUT2D eigenvalue weighted by atomic mass is 16.5. The smallest absolute Gasteiger partial charge is 0.356 e. The highest BCUT2D eigenvalue weighted by molar-refractivity contribution is 5.93. The number of nitrogens with zero attached hydrogens (tertiary/aromatic N) is 2. The SMILES string of the molecule is Cc1ccc2c(C(=O)O)nc(C3CCOCC3)n2c1. The molecule has 3 heterocycles. The summed E-state index contributed by atoms with van der Waals surface area (Å²) in [6.07, 6.45) is 3.75. The normalized spacial score (nSPS) is 16.9. The van der Waals surface area contributed by atoms with Crippen LogP contribution in [0.4, 0.5) is 0 Å². The highest BCUT2D eigenvalue weighted by Crippen LogP contribution is 2.28. The second-order valence-electron chi connectivity index (χ2n) is 4.97. The van der Waals surface area contributed by atoms with Crippen LogP contribution >= 0.6 is 0 Å². The Kier molecular flexibility index (Phi) is 2.98. The lowest BCUT2D eigenvalue weighted by Gasteiger charge is -2.21. The first-order valence-corrected chi connectivity index (χ1v) is 6.46. The minimum absolute atomic E-state index is 0.140. The zero-order valence-corrected chi connectivity index (χ0v) is 10.8. The summed E-state index contributed by atoms with van der Waals surface area (Å²) in [6, 6.07) is 3.74. The molecule has 5 nitrogen and oxygen atoms in total. The number of ether oxygens (including phenoxy) is 1. The lowest BCUT2D eigenvalue weighted by Crippen LogP contribution is -2.16. The molecule has 0 aliphatic carbocycles. The summed E-state index contributed by atoms with van der Waals surface area (Å²) in [5, 5.41) is 9.26. The van der Waals surface area contributed by atoms with Crippen LogP contribution in [0.3, 0.4) is 0 Å². The fourth-order valence-electron chi connectivity index (χ4n) is 2.62. The summed E-state index contributed by atoms with van der Waals surface area (Å²) in [7, 11) is 0. The molecule has 0 radical (unpaired) electrons. The maximum absolute atomic E-state index is 11.3. The predicted octanol–water partition coefficient (Wildman–Crippen LogP) is 2.23. The van der Waals surface area contributed by atoms with Crippen LogP contribution < -0.4 is 0 Å². The third-order valence-electron chi connectivity index (χ3n) is 3.60. The van der Waals surface area contributed by atoms with E-state index in [-0.39, 0.29) is 11.6 Å². The summed E-state index contributed by atoms with van der Waals surface area (Å²) < 4.78 is 7.28. The Morgan fingerprint density at radius 3 is 2.84 bits per heavy atom. The number of rotatable bonds is 2. The van der Waals surface area contributed by atoms with E-state index in [4.69, 9.17) is 4.74 Å². The van der Waals surface area contributed by atoms with Crippen LogP contribution in [-0.2, 0) is 4.74 Å². The zero-order valence-electron chi connectivity index (χ0n) is 10.8. The Morgan fingerprint density at radius 2 is 2.16 bits per heavy atom. The molecule has 0 saturated carbocycles. The van der Waals surface area contributed by atoms with Crippen molar-refractivity contribution in [3.05, 3.63) is 35.4 Å². The van der Waals surface area contributed by atoms with Gasteiger partial charge < -0.3 is 14.2 Å². The van der Waals surface area contributed by atoms with Gasteiger partial charge in [0.25, 0.3) is 0 Å². The van der Waals surface area contributed by atoms with Crippen molar-refractivity contribution < 1.29 is 14.6 Å². The van der Waals surface area contributed by atoms with Crippen molar-refractivity contribution in [1.82, 2.24) is 9.38 Å². The van der Waals surface area contributed by atoms with Gasteiger partial charge in [0.15, 0.2) is 5.69 Å². The molecule has 1 aliphatic rings. The van der Waals surface area contributed by atoms with E-state index in [0.29, 0.717) is 18.7 Å². The van der Waals surface area contributed by atoms with Crippen LogP contribution in [0.15, 0.2) is 18.3 Å². The van der Waals surface area contributed by atoms with Gasteiger partial charge in [0.2, 0.25) is 0 Å². The second kappa shape index (κ2) is 4.66. The molecule has 1 fully saturated rings. The maximum Gasteiger partial charge on any atom is 0.356 e. The Hall–Kier alpha value is -1.88. The quantitative estimate of drug-likeness (QED) is 0.899. The summed E-state index contributed by atoms with van der Waals surface area (Å²) >= 11 is 0. The largest absolute Gasteiger partial charge is 0.476 e. The molecule has 1 saturated heterocycles. The highest BCUT2D eigenvalue weighted by Gasteiger charge is 2.24. The molecule has 2 aromatic heterocycles. The average Bonchev–Trinajstić information content (AvgIpc) is 2.78. The van der Waals surface area contributed by atoms with Gasteiger partial charge in [0, 0.05) is 25.3 Å². The van der Waals surface area contributed by atoms with E-state index < -0.39 is 5.97 Å². The van der Waals surface area contributed by atoms with E-state index in [2.05, 4.69) is 4.98 Å². The third-order valence-corrected chi connectivity index (χ3v) is 3.60. The number of carbonyl (C=O) groups is 1. The van der Waals surface area contributed by atoms with Crippen molar-refractivity contribution >= 4 is 11.5 Å². The zero-order chi connectivity index (χ0) is 13.4. The third kappa shape index (κ3) is 2.10. The molecule has 0 unspecified atom stereocenters. The van der Waals surface area contributed by atoms with E-state index in [9.17, 15) is 9.90 Å². The van der Waals surface area contributed by atoms with Gasteiger partial charge >= 0.3 is 5.97 Å². The number of aromatic carboxylic acids is 1. The van der Waals surface area contributed by atoms with Gasteiger partial charge in [0.1, 0.15) is 5.82 Å². The summed E-state index contributed by atoms with van der Waals surface area (Å²) in [5.74, 6) is 0.148. The molecule has 19 heavy (non-hydrogen) atoms. The van der Waals surface area contributed by atoms with Crippen LogP contribution in [0.25, 0.3) is 5.52 Å². The number of carboxylic acids is 1. The first-order valence-electron chi connectivity index (χ1n) is 6.46. The van der Waals surface area contributed by atoms with Gasteiger partial charge in [-0.25, -0.2) is 9.78 Å². The van der Waals surface area contributed by atoms with Crippen molar-refractivity contribution in [3.63, 3.8) is 0 Å². The molecule has 3 rings (SSSR count). The van der Waals surface area contributed by atoms with Gasteiger partial charge in [-0.3, -0.25) is 0 Å². The minimum atomic E-state index is -0.973. The number of aryl methyl sites for hydroxylation is 1. The fourth-order valence-corrected chi connectivity index (χ4v) is 2.62. The lowest BCUT2D eigenvalue weighted by atomic mass is 9.99. The fraction of sp³-hybridized carbons (Fsp3) is 0.429. The summed E-state index contributed by atoms with van der Waals surface area (Å²) in [5.41, 5.74) is 1.90. The van der Waals surface area contributed by atoms with Crippen LogP contribution in [0.5, 0.6) is 0 Å². The van der Waals surface area contributed by atoms with Gasteiger partial charge in [-0.15, -0.1) is 0 Å². The molecule has 100 valence electrons. The second-order valence-corrected chi connectivity index (χ2v) is 4.97. The van der Waals surface area contributed by atoms with E-state index in [1.54, 1.807) is 0 Å². The Balaban J connectivity index is 2.17. The number of hydrogen-bond donors (Lipinski definition) is 1. The van der Waals surface area contributed by atoms with Crippen molar-refractivity contribution in [2.45, 2.75) is 25.7 Å². The minimum Gasteiger partial charge on any atom is -0.476 e. The first kappa shape index (κ1) is 12.2. The number of aromatic nitrogens is 2. The standard InChI is InChI=1S/C14H16N2O3/c1-9-2-3-11-12(14(17)18)15-13(16(11)8-9)10-4-6-19-7-5-10/h2-3,8,10H,4-7H2,1H3,(H,17,18). The molecule has 0 spiro atoms. The number of hydrogen-bond acceptors (Lipinski definition) is 3. The topological polar surface area (TPSA) is 63.8 Å². The monoisotopic (exact) mass is 260 g/mol. The number of fused-ring (bicyclic) bond motifs is 1. The first-order chi connectivity index (χ1) is 9.16. The summed E-state index contributed by atoms with van der Waals surface area (Å²) in [4.78, 5) is 15.7. The van der Waals surface area contributed by atoms with Crippen molar-refractivity contribution in [3.8, 4) is 0 Å². The number of imidazole rings is 1. The van der Waals surface area contributed by atoms with Gasteiger partial charge in [-0.1, -0.05) is 6.07 Å². The Labute approximate surface area is 110 Å². The van der Waals surface area contributed by atoms with Crippen molar-refractivity contribution in [2.24, 2.45) is 0 Å². The summed E-state index contributed by atoms with van der Waals surface area (Å²) in [6.45, 7) is 3.43. The Morgan fingerprint density at radius 1 is 1.42 bits per heavy atom. The van der Waals surface area contributed by atoms with Crippen LogP contribution in [-0.4, -0.2) is 33.7 Å². The molecule has 0 aromatic carbocycles. The van der Waals surface area contributed by atoms with Gasteiger partial charge in [0.05, 0.1) is 5.52 Å². The van der Waals surface area contributed by atoms with E-state index in [1.165, 1.54) is 0 Å². The molecular weight excluding hydrogens is 244 g/mol. The van der Waals surface area contributed by atoms with Gasteiger partial charge in [-0.2, -0.15) is 0 Å². The van der Waals surface area contributed by atoms with E-state index >= 15 is 0 Å². The van der Waals surface area contributed by atoms with Crippen molar-refractivity contribution in [2.75, 3.05) is 13.2 Å². The van der Waals surface area contributed by atoms with E-state index in [0.717, 1.165) is 24.2 Å². The van der Waals surface area contributed by atoms with E-state index in [1.807, 2.05) is 29.7 Å².